The van der Waals surface area contributed by atoms with E-state index < -0.39 is 5.97 Å². The molecule has 0 saturated heterocycles. The van der Waals surface area contributed by atoms with Gasteiger partial charge >= 0.3 is 29.6 Å². The zero-order chi connectivity index (χ0) is 23.5. The molecule has 1 unspecified atom stereocenters. The average Bonchev–Trinajstić information content (AvgIpc) is 2.99. The second-order valence-corrected chi connectivity index (χ2v) is 9.28. The molecule has 0 spiro atoms. The van der Waals surface area contributed by atoms with Crippen LogP contribution in [0.1, 0.15) is 39.6 Å². The molecule has 0 N–H and O–H groups in total. The maximum absolute atomic E-state index is 13.6. The van der Waals surface area contributed by atoms with Gasteiger partial charge in [-0.05, 0) is 65.3 Å². The third kappa shape index (κ3) is 5.96. The van der Waals surface area contributed by atoms with Crippen LogP contribution >= 0.6 is 11.8 Å². The molecule has 3 aromatic carbocycles. The van der Waals surface area contributed by atoms with Crippen LogP contribution in [-0.4, -0.2) is 16.7 Å². The van der Waals surface area contributed by atoms with E-state index in [1.54, 1.807) is 17.8 Å². The molecule has 5 rings (SSSR count). The number of carboxylic acids is 1. The summed E-state index contributed by atoms with van der Waals surface area (Å²) in [6.45, 7) is 0.466. The van der Waals surface area contributed by atoms with E-state index >= 15 is 0 Å². The number of rotatable bonds is 6. The van der Waals surface area contributed by atoms with Crippen molar-refractivity contribution in [3.63, 3.8) is 0 Å². The normalized spacial score (nSPS) is 14.5. The second-order valence-electron chi connectivity index (χ2n) is 8.06. The zero-order valence-corrected chi connectivity index (χ0v) is 22.1. The summed E-state index contributed by atoms with van der Waals surface area (Å²) in [5.41, 5.74) is 5.53. The maximum atomic E-state index is 13.6. The fourth-order valence-corrected chi connectivity index (χ4v) is 5.37. The Balaban J connectivity index is 0.00000289. The minimum atomic E-state index is -1.05. The number of benzene rings is 3. The molecule has 4 aromatic rings. The number of carboxylic acid groups (broad SMARTS) is 1. The van der Waals surface area contributed by atoms with Crippen molar-refractivity contribution in [1.29, 1.82) is 0 Å². The van der Waals surface area contributed by atoms with Crippen LogP contribution in [0.3, 0.4) is 0 Å². The Labute approximate surface area is 229 Å². The number of ether oxygens (including phenoxy) is 1. The Bertz CT molecular complexity index is 1410. The first kappa shape index (κ1) is 25.5. The molecule has 1 aromatic heterocycles. The van der Waals surface area contributed by atoms with Crippen LogP contribution in [0.25, 0.3) is 23.1 Å². The summed E-state index contributed by atoms with van der Waals surface area (Å²) in [6.07, 6.45) is 3.86. The summed E-state index contributed by atoms with van der Waals surface area (Å²) in [5, 5.41) is 11.8. The molecular weight excluding hydrogens is 472 g/mol. The van der Waals surface area contributed by atoms with Crippen LogP contribution in [-0.2, 0) is 11.4 Å². The monoisotopic (exact) mass is 493 g/mol. The first-order valence-electron chi connectivity index (χ1n) is 11.0. The van der Waals surface area contributed by atoms with E-state index in [4.69, 9.17) is 4.74 Å². The molecule has 0 fully saturated rings. The Morgan fingerprint density at radius 1 is 1.06 bits per heavy atom. The van der Waals surface area contributed by atoms with Gasteiger partial charge in [0.1, 0.15) is 18.2 Å². The Hall–Kier alpha value is -2.64. The molecule has 1 aliphatic heterocycles. The van der Waals surface area contributed by atoms with Crippen molar-refractivity contribution >= 4 is 40.8 Å². The number of halogens is 1. The van der Waals surface area contributed by atoms with E-state index in [-0.39, 0.29) is 47.0 Å². The summed E-state index contributed by atoms with van der Waals surface area (Å²) in [6, 6.07) is 22.5. The Morgan fingerprint density at radius 2 is 1.89 bits per heavy atom. The number of thioether (sulfide) groups is 1. The van der Waals surface area contributed by atoms with Gasteiger partial charge in [-0.25, -0.2) is 9.37 Å². The number of nitrogens with zero attached hydrogens (tertiary/aromatic N) is 1. The fraction of sp³-hybridized carbons (Fsp3) is 0.143. The predicted molar refractivity (Wildman–Crippen MR) is 132 cm³/mol. The molecule has 2 heterocycles. The van der Waals surface area contributed by atoms with Gasteiger partial charge in [0.25, 0.3) is 0 Å². The van der Waals surface area contributed by atoms with E-state index in [1.807, 2.05) is 54.6 Å². The number of aromatic nitrogens is 1. The van der Waals surface area contributed by atoms with Crippen LogP contribution in [0.15, 0.2) is 72.8 Å². The van der Waals surface area contributed by atoms with Crippen molar-refractivity contribution in [1.82, 2.24) is 4.98 Å². The number of carbonyl (C=O) groups excluding carboxylic acids is 1. The van der Waals surface area contributed by atoms with Crippen molar-refractivity contribution in [3.8, 4) is 5.75 Å². The zero-order valence-electron chi connectivity index (χ0n) is 19.2. The predicted octanol–water partition coefficient (Wildman–Crippen LogP) is 2.40. The third-order valence-electron chi connectivity index (χ3n) is 5.75. The quantitative estimate of drug-likeness (QED) is 0.386. The van der Waals surface area contributed by atoms with Crippen LogP contribution in [0.2, 0.25) is 0 Å². The minimum absolute atomic E-state index is 0. The van der Waals surface area contributed by atoms with E-state index in [1.165, 1.54) is 12.1 Å². The van der Waals surface area contributed by atoms with Gasteiger partial charge in [0.2, 0.25) is 0 Å². The standard InChI is InChI=1S/C28H22FNO3S.Na/c29-21-9-7-19-8-11-22(30-25(19)16-21)10-5-18-6-12-26-24(15-18)28(34-14-13-27(31)32)23-4-2-1-3-20(23)17-33-26;/h1-12,15-16,28H,13-14,17H2,(H,31,32);/q;+1/p-1/b10-5+;. The molecule has 0 bridgehead atoms. The molecule has 0 saturated carbocycles. The Morgan fingerprint density at radius 3 is 2.74 bits per heavy atom. The molecule has 4 nitrogen and oxygen atoms in total. The minimum Gasteiger partial charge on any atom is -0.550 e. The molecule has 0 radical (unpaired) electrons. The number of aliphatic carboxylic acids is 1. The van der Waals surface area contributed by atoms with Crippen LogP contribution in [0, 0.1) is 5.82 Å². The van der Waals surface area contributed by atoms with E-state index in [0.29, 0.717) is 17.9 Å². The first-order chi connectivity index (χ1) is 16.6. The third-order valence-corrected chi connectivity index (χ3v) is 7.03. The van der Waals surface area contributed by atoms with Gasteiger partial charge in [0.15, 0.2) is 0 Å². The number of fused-ring (bicyclic) bond motifs is 3. The number of carbonyl (C=O) groups is 1. The van der Waals surface area contributed by atoms with Gasteiger partial charge in [-0.2, -0.15) is 0 Å². The van der Waals surface area contributed by atoms with Gasteiger partial charge in [-0.3, -0.25) is 0 Å². The van der Waals surface area contributed by atoms with E-state index in [2.05, 4.69) is 17.1 Å². The first-order valence-corrected chi connectivity index (χ1v) is 12.0. The number of hydrogen-bond acceptors (Lipinski definition) is 5. The van der Waals surface area contributed by atoms with Crippen LogP contribution < -0.4 is 39.4 Å². The van der Waals surface area contributed by atoms with Crippen LogP contribution in [0.5, 0.6) is 5.75 Å². The molecule has 0 aliphatic carbocycles. The molecule has 7 heteroatoms. The van der Waals surface area contributed by atoms with Crippen molar-refractivity contribution in [2.24, 2.45) is 0 Å². The molecule has 35 heavy (non-hydrogen) atoms. The number of pyridine rings is 1. The topological polar surface area (TPSA) is 62.2 Å². The molecule has 1 atom stereocenters. The smallest absolute Gasteiger partial charge is 0.550 e. The van der Waals surface area contributed by atoms with E-state index in [9.17, 15) is 14.3 Å². The second kappa shape index (κ2) is 11.4. The van der Waals surface area contributed by atoms with Crippen molar-refractivity contribution in [3.05, 3.63) is 107 Å². The molecular formula is C28H21FNNaO3S. The average molecular weight is 494 g/mol. The van der Waals surface area contributed by atoms with Crippen molar-refractivity contribution in [2.45, 2.75) is 18.3 Å². The summed E-state index contributed by atoms with van der Waals surface area (Å²) < 4.78 is 19.7. The largest absolute Gasteiger partial charge is 1.00 e. The SMILES string of the molecule is O=C([O-])CCSC1c2ccccc2COc2ccc(/C=C/c3ccc4ccc(F)cc4n3)cc21.[Na+]. The molecule has 0 amide bonds. The Kier molecular flexibility index (Phi) is 8.29. The molecule has 170 valence electrons. The fourth-order valence-electron chi connectivity index (χ4n) is 4.07. The van der Waals surface area contributed by atoms with Gasteiger partial charge in [0.05, 0.1) is 16.5 Å². The summed E-state index contributed by atoms with van der Waals surface area (Å²) in [5.74, 6) is -0.128. The van der Waals surface area contributed by atoms with Gasteiger partial charge in [0, 0.05) is 23.0 Å². The van der Waals surface area contributed by atoms with Gasteiger partial charge in [-0.15, -0.1) is 11.8 Å². The van der Waals surface area contributed by atoms with Gasteiger partial charge < -0.3 is 14.6 Å². The summed E-state index contributed by atoms with van der Waals surface area (Å²) in [7, 11) is 0. The summed E-state index contributed by atoms with van der Waals surface area (Å²) in [4.78, 5) is 15.5. The maximum Gasteiger partial charge on any atom is 1.00 e. The van der Waals surface area contributed by atoms with Gasteiger partial charge in [-0.1, -0.05) is 42.5 Å². The van der Waals surface area contributed by atoms with E-state index in [0.717, 1.165) is 39.1 Å². The van der Waals surface area contributed by atoms with Crippen molar-refractivity contribution in [2.75, 3.05) is 5.75 Å². The summed E-state index contributed by atoms with van der Waals surface area (Å²) >= 11 is 1.58. The van der Waals surface area contributed by atoms with Crippen molar-refractivity contribution < 1.29 is 48.6 Å². The van der Waals surface area contributed by atoms with Crippen LogP contribution in [0.4, 0.5) is 4.39 Å². The number of hydrogen-bond donors (Lipinski definition) is 0. The molecule has 1 aliphatic rings.